The molecule has 0 saturated heterocycles. The maximum absolute atomic E-state index is 12.7. The second kappa shape index (κ2) is 13.3. The number of carbonyl (C=O) groups excluding carboxylic acids is 2. The van der Waals surface area contributed by atoms with E-state index in [2.05, 4.69) is 27.4 Å². The number of aliphatic hydroxyl groups is 1. The molecule has 0 unspecified atom stereocenters. The van der Waals surface area contributed by atoms with E-state index >= 15 is 0 Å². The van der Waals surface area contributed by atoms with Crippen LogP contribution in [-0.4, -0.2) is 57.8 Å². The van der Waals surface area contributed by atoms with E-state index < -0.39 is 6.04 Å². The smallest absolute Gasteiger partial charge is 0.251 e. The third kappa shape index (κ3) is 7.09. The molecule has 1 aromatic heterocycles. The largest absolute Gasteiger partial charge is 0.497 e. The van der Waals surface area contributed by atoms with Crippen LogP contribution in [0.15, 0.2) is 66.3 Å². The van der Waals surface area contributed by atoms with Gasteiger partial charge in [-0.3, -0.25) is 9.59 Å². The number of aromatic nitrogens is 3. The molecule has 1 atom stereocenters. The number of nitrogens with zero attached hydrogens (tertiary/aromatic N) is 3. The van der Waals surface area contributed by atoms with E-state index in [1.165, 1.54) is 11.8 Å². The lowest BCUT2D eigenvalue weighted by molar-refractivity contribution is -0.113. The van der Waals surface area contributed by atoms with Gasteiger partial charge in [0, 0.05) is 17.8 Å². The fourth-order valence-electron chi connectivity index (χ4n) is 3.27. The average molecular weight is 512 g/mol. The molecule has 1 heterocycles. The summed E-state index contributed by atoms with van der Waals surface area (Å²) in [5.74, 6) is 1.20. The van der Waals surface area contributed by atoms with E-state index in [1.807, 2.05) is 6.92 Å². The zero-order valence-corrected chi connectivity index (χ0v) is 21.0. The lowest BCUT2D eigenvalue weighted by Gasteiger charge is -2.17. The predicted molar refractivity (Wildman–Crippen MR) is 137 cm³/mol. The van der Waals surface area contributed by atoms with Crippen molar-refractivity contribution in [1.82, 2.24) is 20.1 Å². The van der Waals surface area contributed by atoms with E-state index in [0.717, 1.165) is 5.75 Å². The number of allylic oxidation sites excluding steroid dienone is 1. The molecule has 0 saturated carbocycles. The van der Waals surface area contributed by atoms with Crippen LogP contribution >= 0.6 is 11.8 Å². The number of rotatable bonds is 13. The van der Waals surface area contributed by atoms with Crippen LogP contribution in [0.1, 0.15) is 29.1 Å². The first-order chi connectivity index (χ1) is 17.5. The SMILES string of the molecule is C=CCn1c(SCC(=O)Nc2ccc(OCC)cc2)nnc1[C@H](CO)NC(=O)c1ccc(OC)cc1. The minimum atomic E-state index is -0.806. The van der Waals surface area contributed by atoms with E-state index in [0.29, 0.717) is 41.1 Å². The number of hydrogen-bond acceptors (Lipinski definition) is 8. The first kappa shape index (κ1) is 26.8. The molecular formula is C25H29N5O5S. The first-order valence-corrected chi connectivity index (χ1v) is 12.2. The quantitative estimate of drug-likeness (QED) is 0.236. The van der Waals surface area contributed by atoms with Crippen LogP contribution in [0.25, 0.3) is 0 Å². The molecule has 0 bridgehead atoms. The van der Waals surface area contributed by atoms with E-state index in [1.54, 1.807) is 66.3 Å². The molecule has 3 aromatic rings. The first-order valence-electron chi connectivity index (χ1n) is 11.2. The van der Waals surface area contributed by atoms with Gasteiger partial charge >= 0.3 is 0 Å². The summed E-state index contributed by atoms with van der Waals surface area (Å²) in [6.45, 7) is 6.18. The molecule has 0 radical (unpaired) electrons. The summed E-state index contributed by atoms with van der Waals surface area (Å²) in [5, 5.41) is 24.4. The lowest BCUT2D eigenvalue weighted by Crippen LogP contribution is -2.33. The van der Waals surface area contributed by atoms with Gasteiger partial charge in [0.2, 0.25) is 5.91 Å². The Balaban J connectivity index is 1.66. The normalized spacial score (nSPS) is 11.4. The fourth-order valence-corrected chi connectivity index (χ4v) is 4.02. The van der Waals surface area contributed by atoms with E-state index in [4.69, 9.17) is 9.47 Å². The molecule has 3 N–H and O–H groups in total. The van der Waals surface area contributed by atoms with Crippen molar-refractivity contribution < 1.29 is 24.2 Å². The highest BCUT2D eigenvalue weighted by Crippen LogP contribution is 2.22. The minimum Gasteiger partial charge on any atom is -0.497 e. The Hall–Kier alpha value is -3.83. The number of carbonyl (C=O) groups is 2. The number of aliphatic hydroxyl groups excluding tert-OH is 1. The van der Waals surface area contributed by atoms with Crippen molar-refractivity contribution in [3.05, 3.63) is 72.6 Å². The number of benzene rings is 2. The highest BCUT2D eigenvalue weighted by atomic mass is 32.2. The number of hydrogen-bond donors (Lipinski definition) is 3. The second-order valence-corrected chi connectivity index (χ2v) is 8.41. The molecule has 11 heteroatoms. The van der Waals surface area contributed by atoms with Crippen LogP contribution < -0.4 is 20.1 Å². The molecule has 10 nitrogen and oxygen atoms in total. The molecular weight excluding hydrogens is 482 g/mol. The molecule has 3 rings (SSSR count). The van der Waals surface area contributed by atoms with Gasteiger partial charge in [-0.2, -0.15) is 0 Å². The van der Waals surface area contributed by atoms with Crippen molar-refractivity contribution in [2.24, 2.45) is 0 Å². The summed E-state index contributed by atoms with van der Waals surface area (Å²) >= 11 is 1.19. The minimum absolute atomic E-state index is 0.0878. The fraction of sp³-hybridized carbons (Fsp3) is 0.280. The number of anilines is 1. The highest BCUT2D eigenvalue weighted by Gasteiger charge is 2.23. The van der Waals surface area contributed by atoms with Crippen LogP contribution in [0.4, 0.5) is 5.69 Å². The molecule has 0 fully saturated rings. The van der Waals surface area contributed by atoms with Crippen molar-refractivity contribution in [2.45, 2.75) is 24.7 Å². The molecule has 36 heavy (non-hydrogen) atoms. The lowest BCUT2D eigenvalue weighted by atomic mass is 10.2. The molecule has 0 aliphatic heterocycles. The van der Waals surface area contributed by atoms with Gasteiger partial charge in [0.15, 0.2) is 11.0 Å². The number of thioether (sulfide) groups is 1. The standard InChI is InChI=1S/C25H29N5O5S/c1-4-14-30-23(21(15-31)27-24(33)17-6-10-19(34-3)11-7-17)28-29-25(30)36-16-22(32)26-18-8-12-20(13-9-18)35-5-2/h4,6-13,21,31H,1,5,14-16H2,2-3H3,(H,26,32)(H,27,33)/t21-/m0/s1. The molecule has 0 aliphatic carbocycles. The predicted octanol–water partition coefficient (Wildman–Crippen LogP) is 3.07. The van der Waals surface area contributed by atoms with Gasteiger partial charge in [-0.05, 0) is 55.5 Å². The number of nitrogens with one attached hydrogen (secondary N) is 2. The summed E-state index contributed by atoms with van der Waals surface area (Å²) in [6.07, 6.45) is 1.65. The summed E-state index contributed by atoms with van der Waals surface area (Å²) in [6, 6.07) is 12.9. The number of methoxy groups -OCH3 is 1. The molecule has 190 valence electrons. The Morgan fingerprint density at radius 2 is 1.83 bits per heavy atom. The van der Waals surface area contributed by atoms with Gasteiger partial charge in [-0.25, -0.2) is 0 Å². The van der Waals surface area contributed by atoms with Gasteiger partial charge in [-0.15, -0.1) is 16.8 Å². The summed E-state index contributed by atoms with van der Waals surface area (Å²) in [5.41, 5.74) is 1.06. The van der Waals surface area contributed by atoms with Gasteiger partial charge in [0.25, 0.3) is 5.91 Å². The molecule has 2 amide bonds. The Bertz CT molecular complexity index is 1160. The Labute approximate surface area is 213 Å². The monoisotopic (exact) mass is 511 g/mol. The van der Waals surface area contributed by atoms with Gasteiger partial charge in [0.1, 0.15) is 17.5 Å². The molecule has 0 aliphatic rings. The van der Waals surface area contributed by atoms with Crippen LogP contribution in [0.5, 0.6) is 11.5 Å². The molecule has 2 aromatic carbocycles. The Kier molecular flexibility index (Phi) is 9.90. The topological polar surface area (TPSA) is 128 Å². The number of ether oxygens (including phenoxy) is 2. The van der Waals surface area contributed by atoms with Crippen LogP contribution in [-0.2, 0) is 11.3 Å². The van der Waals surface area contributed by atoms with Gasteiger partial charge in [0.05, 0.1) is 26.1 Å². The second-order valence-electron chi connectivity index (χ2n) is 7.47. The van der Waals surface area contributed by atoms with Crippen molar-refractivity contribution in [1.29, 1.82) is 0 Å². The van der Waals surface area contributed by atoms with Crippen molar-refractivity contribution in [3.8, 4) is 11.5 Å². The average Bonchev–Trinajstić information content (AvgIpc) is 3.29. The van der Waals surface area contributed by atoms with Crippen molar-refractivity contribution in [2.75, 3.05) is 31.4 Å². The van der Waals surface area contributed by atoms with Crippen LogP contribution in [0.2, 0.25) is 0 Å². The zero-order chi connectivity index (χ0) is 25.9. The molecule has 0 spiro atoms. The summed E-state index contributed by atoms with van der Waals surface area (Å²) in [4.78, 5) is 25.2. The van der Waals surface area contributed by atoms with Gasteiger partial charge in [-0.1, -0.05) is 17.8 Å². The zero-order valence-electron chi connectivity index (χ0n) is 20.1. The van der Waals surface area contributed by atoms with Crippen LogP contribution in [0, 0.1) is 0 Å². The summed E-state index contributed by atoms with van der Waals surface area (Å²) in [7, 11) is 1.54. The Morgan fingerprint density at radius 1 is 1.14 bits per heavy atom. The van der Waals surface area contributed by atoms with Gasteiger partial charge < -0.3 is 29.8 Å². The maximum Gasteiger partial charge on any atom is 0.251 e. The maximum atomic E-state index is 12.7. The Morgan fingerprint density at radius 3 is 2.44 bits per heavy atom. The number of amides is 2. The summed E-state index contributed by atoms with van der Waals surface area (Å²) < 4.78 is 12.2. The third-order valence-corrected chi connectivity index (χ3v) is 5.96. The van der Waals surface area contributed by atoms with E-state index in [9.17, 15) is 14.7 Å². The van der Waals surface area contributed by atoms with Crippen LogP contribution in [0.3, 0.4) is 0 Å². The third-order valence-electron chi connectivity index (χ3n) is 4.99. The van der Waals surface area contributed by atoms with Crippen molar-refractivity contribution >= 4 is 29.3 Å². The van der Waals surface area contributed by atoms with Crippen molar-refractivity contribution in [3.63, 3.8) is 0 Å². The highest BCUT2D eigenvalue weighted by molar-refractivity contribution is 7.99. The van der Waals surface area contributed by atoms with E-state index in [-0.39, 0.29) is 24.2 Å².